The van der Waals surface area contributed by atoms with Crippen LogP contribution in [-0.4, -0.2) is 28.4 Å². The molecule has 3 nitrogen and oxygen atoms in total. The summed E-state index contributed by atoms with van der Waals surface area (Å²) in [5.41, 5.74) is 0. The SMILES string of the molecule is CC(C)(C)S(=O)N=CC1CCOC1. The first-order chi connectivity index (χ1) is 6.00. The van der Waals surface area contributed by atoms with Crippen LogP contribution in [0.2, 0.25) is 0 Å². The minimum atomic E-state index is -1.12. The molecule has 1 rings (SSSR count). The molecule has 0 amide bonds. The van der Waals surface area contributed by atoms with Crippen molar-refractivity contribution in [1.82, 2.24) is 0 Å². The van der Waals surface area contributed by atoms with E-state index in [0.29, 0.717) is 5.92 Å². The minimum Gasteiger partial charge on any atom is -0.381 e. The molecule has 1 aliphatic rings. The summed E-state index contributed by atoms with van der Waals surface area (Å²) < 4.78 is 20.5. The van der Waals surface area contributed by atoms with Gasteiger partial charge in [0, 0.05) is 18.7 Å². The zero-order valence-electron chi connectivity index (χ0n) is 8.45. The molecule has 1 saturated heterocycles. The van der Waals surface area contributed by atoms with Crippen LogP contribution >= 0.6 is 0 Å². The largest absolute Gasteiger partial charge is 0.381 e. The lowest BCUT2D eigenvalue weighted by molar-refractivity contribution is 0.193. The van der Waals surface area contributed by atoms with E-state index in [4.69, 9.17) is 4.74 Å². The Hall–Kier alpha value is -0.220. The lowest BCUT2D eigenvalue weighted by Crippen LogP contribution is -2.20. The zero-order valence-corrected chi connectivity index (χ0v) is 9.26. The van der Waals surface area contributed by atoms with Crippen LogP contribution in [0.5, 0.6) is 0 Å². The van der Waals surface area contributed by atoms with Crippen LogP contribution in [0, 0.1) is 5.92 Å². The summed E-state index contributed by atoms with van der Waals surface area (Å²) in [5.74, 6) is 0.367. The highest BCUT2D eigenvalue weighted by Gasteiger charge is 2.19. The van der Waals surface area contributed by atoms with Gasteiger partial charge in [-0.25, -0.2) is 4.21 Å². The summed E-state index contributed by atoms with van der Waals surface area (Å²) in [4.78, 5) is 0. The van der Waals surface area contributed by atoms with E-state index in [1.165, 1.54) is 0 Å². The quantitative estimate of drug-likeness (QED) is 0.639. The highest BCUT2D eigenvalue weighted by atomic mass is 32.2. The number of hydrogen-bond acceptors (Lipinski definition) is 2. The van der Waals surface area contributed by atoms with Crippen molar-refractivity contribution in [3.8, 4) is 0 Å². The van der Waals surface area contributed by atoms with Gasteiger partial charge in [0.25, 0.3) is 0 Å². The molecular formula is C9H17NO2S. The molecule has 0 radical (unpaired) electrons. The molecule has 4 heteroatoms. The second kappa shape index (κ2) is 4.33. The van der Waals surface area contributed by atoms with Crippen LogP contribution < -0.4 is 0 Å². The van der Waals surface area contributed by atoms with E-state index in [2.05, 4.69) is 4.40 Å². The predicted octanol–water partition coefficient (Wildman–Crippen LogP) is 1.56. The van der Waals surface area contributed by atoms with Gasteiger partial charge in [-0.05, 0) is 27.2 Å². The van der Waals surface area contributed by atoms with Gasteiger partial charge < -0.3 is 4.74 Å². The lowest BCUT2D eigenvalue weighted by atomic mass is 10.1. The van der Waals surface area contributed by atoms with Crippen molar-refractivity contribution in [1.29, 1.82) is 0 Å². The molecule has 0 bridgehead atoms. The van der Waals surface area contributed by atoms with Gasteiger partial charge in [0.1, 0.15) is 11.0 Å². The smallest absolute Gasteiger partial charge is 0.144 e. The first-order valence-electron chi connectivity index (χ1n) is 4.54. The summed E-state index contributed by atoms with van der Waals surface area (Å²) >= 11 is 0. The van der Waals surface area contributed by atoms with E-state index in [-0.39, 0.29) is 4.75 Å². The summed E-state index contributed by atoms with van der Waals surface area (Å²) in [7, 11) is -1.12. The second-order valence-corrected chi connectivity index (χ2v) is 6.17. The van der Waals surface area contributed by atoms with Crippen molar-refractivity contribution < 1.29 is 8.95 Å². The highest BCUT2D eigenvalue weighted by Crippen LogP contribution is 2.14. The Balaban J connectivity index is 2.43. The Morgan fingerprint density at radius 3 is 2.69 bits per heavy atom. The zero-order chi connectivity index (χ0) is 9.90. The van der Waals surface area contributed by atoms with Gasteiger partial charge in [-0.15, -0.1) is 0 Å². The van der Waals surface area contributed by atoms with Crippen molar-refractivity contribution in [2.24, 2.45) is 10.3 Å². The maximum Gasteiger partial charge on any atom is 0.144 e. The molecule has 0 aromatic rings. The maximum absolute atomic E-state index is 11.5. The molecule has 0 aromatic heterocycles. The Bertz CT molecular complexity index is 214. The van der Waals surface area contributed by atoms with Gasteiger partial charge in [0.2, 0.25) is 0 Å². The van der Waals surface area contributed by atoms with Crippen LogP contribution in [-0.2, 0) is 15.7 Å². The number of rotatable bonds is 2. The fourth-order valence-electron chi connectivity index (χ4n) is 0.970. The Morgan fingerprint density at radius 1 is 1.54 bits per heavy atom. The van der Waals surface area contributed by atoms with E-state index < -0.39 is 11.0 Å². The van der Waals surface area contributed by atoms with Crippen molar-refractivity contribution >= 4 is 17.2 Å². The second-order valence-electron chi connectivity index (χ2n) is 4.24. The van der Waals surface area contributed by atoms with Crippen molar-refractivity contribution in [2.45, 2.75) is 31.9 Å². The standard InChI is InChI=1S/C9H17NO2S/c1-9(2,3)13(11)10-6-8-4-5-12-7-8/h6,8H,4-5,7H2,1-3H3. The summed E-state index contributed by atoms with van der Waals surface area (Å²) in [5, 5.41) is 0. The normalized spacial score (nSPS) is 26.8. The van der Waals surface area contributed by atoms with E-state index in [0.717, 1.165) is 19.6 Å². The molecule has 2 atom stereocenters. The van der Waals surface area contributed by atoms with Gasteiger partial charge in [0.05, 0.1) is 11.4 Å². The Morgan fingerprint density at radius 2 is 2.23 bits per heavy atom. The molecule has 0 spiro atoms. The third-order valence-electron chi connectivity index (χ3n) is 1.86. The molecule has 2 unspecified atom stereocenters. The van der Waals surface area contributed by atoms with Crippen LogP contribution in [0.4, 0.5) is 0 Å². The molecule has 0 aliphatic carbocycles. The molecule has 13 heavy (non-hydrogen) atoms. The summed E-state index contributed by atoms with van der Waals surface area (Å²) in [6.45, 7) is 7.30. The topological polar surface area (TPSA) is 38.7 Å². The third-order valence-corrected chi connectivity index (χ3v) is 3.22. The molecule has 76 valence electrons. The van der Waals surface area contributed by atoms with Gasteiger partial charge in [0.15, 0.2) is 0 Å². The molecule has 0 aromatic carbocycles. The van der Waals surface area contributed by atoms with Gasteiger partial charge in [-0.3, -0.25) is 0 Å². The monoisotopic (exact) mass is 203 g/mol. The summed E-state index contributed by atoms with van der Waals surface area (Å²) in [6.07, 6.45) is 2.79. The Labute approximate surface area is 82.2 Å². The van der Waals surface area contributed by atoms with Crippen LogP contribution in [0.25, 0.3) is 0 Å². The van der Waals surface area contributed by atoms with E-state index >= 15 is 0 Å². The number of hydrogen-bond donors (Lipinski definition) is 0. The molecule has 0 N–H and O–H groups in total. The van der Waals surface area contributed by atoms with Crippen LogP contribution in [0.15, 0.2) is 4.40 Å². The fraction of sp³-hybridized carbons (Fsp3) is 0.889. The van der Waals surface area contributed by atoms with Crippen molar-refractivity contribution in [3.05, 3.63) is 0 Å². The first kappa shape index (κ1) is 10.9. The molecule has 1 heterocycles. The first-order valence-corrected chi connectivity index (χ1v) is 5.65. The average molecular weight is 203 g/mol. The molecule has 0 saturated carbocycles. The van der Waals surface area contributed by atoms with Gasteiger partial charge in [-0.1, -0.05) is 0 Å². The number of ether oxygens (including phenoxy) is 1. The summed E-state index contributed by atoms with van der Waals surface area (Å²) in [6, 6.07) is 0. The van der Waals surface area contributed by atoms with E-state index in [9.17, 15) is 4.21 Å². The van der Waals surface area contributed by atoms with Crippen molar-refractivity contribution in [2.75, 3.05) is 13.2 Å². The Kier molecular flexibility index (Phi) is 3.62. The van der Waals surface area contributed by atoms with Crippen LogP contribution in [0.3, 0.4) is 0 Å². The molecule has 1 aliphatic heterocycles. The van der Waals surface area contributed by atoms with Crippen molar-refractivity contribution in [3.63, 3.8) is 0 Å². The van der Waals surface area contributed by atoms with Crippen LogP contribution in [0.1, 0.15) is 27.2 Å². The minimum absolute atomic E-state index is 0.254. The predicted molar refractivity (Wildman–Crippen MR) is 55.3 cm³/mol. The third kappa shape index (κ3) is 3.56. The maximum atomic E-state index is 11.5. The molecular weight excluding hydrogens is 186 g/mol. The fourth-order valence-corrected chi connectivity index (χ4v) is 1.57. The highest BCUT2D eigenvalue weighted by molar-refractivity contribution is 7.85. The lowest BCUT2D eigenvalue weighted by Gasteiger charge is -2.13. The van der Waals surface area contributed by atoms with Gasteiger partial charge in [-0.2, -0.15) is 4.40 Å². The average Bonchev–Trinajstić information content (AvgIpc) is 2.50. The molecule has 1 fully saturated rings. The van der Waals surface area contributed by atoms with E-state index in [1.54, 1.807) is 6.21 Å². The van der Waals surface area contributed by atoms with E-state index in [1.807, 2.05) is 20.8 Å². The van der Waals surface area contributed by atoms with Gasteiger partial charge >= 0.3 is 0 Å². The number of nitrogens with zero attached hydrogens (tertiary/aromatic N) is 1.